The highest BCUT2D eigenvalue weighted by molar-refractivity contribution is 6.04. The average Bonchev–Trinajstić information content (AvgIpc) is 3.31. The van der Waals surface area contributed by atoms with Crippen molar-refractivity contribution in [2.45, 2.75) is 19.5 Å². The fourth-order valence-corrected chi connectivity index (χ4v) is 4.04. The number of rotatable bonds is 6. The minimum absolute atomic E-state index is 0.0200. The topological polar surface area (TPSA) is 76.5 Å². The number of aryl methyl sites for hydroxylation is 1. The molecule has 5 rings (SSSR count). The molecule has 176 valence electrons. The van der Waals surface area contributed by atoms with E-state index in [4.69, 9.17) is 4.74 Å². The summed E-state index contributed by atoms with van der Waals surface area (Å²) in [6.07, 6.45) is 0.366. The summed E-state index contributed by atoms with van der Waals surface area (Å²) in [7, 11) is 1.62. The summed E-state index contributed by atoms with van der Waals surface area (Å²) < 4.78 is 20.4. The van der Waals surface area contributed by atoms with Crippen LogP contribution in [-0.4, -0.2) is 28.7 Å². The summed E-state index contributed by atoms with van der Waals surface area (Å²) in [5, 5.41) is 7.37. The van der Waals surface area contributed by atoms with E-state index < -0.39 is 5.82 Å². The van der Waals surface area contributed by atoms with Gasteiger partial charge in [-0.15, -0.1) is 0 Å². The van der Waals surface area contributed by atoms with Gasteiger partial charge in [-0.25, -0.2) is 9.07 Å². The van der Waals surface area contributed by atoms with E-state index >= 15 is 0 Å². The Hall–Kier alpha value is -4.46. The standard InChI is InChI=1S/C27H23FN4O3/c1-35-23-11-9-19(10-12-23)24-16-25-31(26(33)13-14-32(25)30-24)17-18-5-7-20(8-6-18)27(34)29-22-4-2-3-21(28)15-22/h2-12,15-16H,13-14,17H2,1H3,(H,29,34). The third-order valence-electron chi connectivity index (χ3n) is 5.90. The molecule has 0 fully saturated rings. The van der Waals surface area contributed by atoms with Gasteiger partial charge in [0.25, 0.3) is 5.91 Å². The zero-order valence-corrected chi connectivity index (χ0v) is 19.1. The Morgan fingerprint density at radius 3 is 2.54 bits per heavy atom. The summed E-state index contributed by atoms with van der Waals surface area (Å²) >= 11 is 0. The summed E-state index contributed by atoms with van der Waals surface area (Å²) in [5.41, 5.74) is 3.43. The van der Waals surface area contributed by atoms with Crippen LogP contribution >= 0.6 is 0 Å². The highest BCUT2D eigenvalue weighted by atomic mass is 19.1. The number of aromatic nitrogens is 2. The van der Waals surface area contributed by atoms with Gasteiger partial charge in [0, 0.05) is 29.3 Å². The fourth-order valence-electron chi connectivity index (χ4n) is 4.04. The molecule has 0 saturated carbocycles. The van der Waals surface area contributed by atoms with E-state index in [1.165, 1.54) is 18.2 Å². The third kappa shape index (κ3) is 4.77. The summed E-state index contributed by atoms with van der Waals surface area (Å²) in [6.45, 7) is 0.887. The number of methoxy groups -OCH3 is 1. The molecule has 2 heterocycles. The van der Waals surface area contributed by atoms with E-state index in [0.29, 0.717) is 30.8 Å². The number of carbonyl (C=O) groups is 2. The molecule has 2 amide bonds. The Morgan fingerprint density at radius 1 is 1.06 bits per heavy atom. The van der Waals surface area contributed by atoms with Crippen LogP contribution in [0, 0.1) is 5.82 Å². The second kappa shape index (κ2) is 9.42. The van der Waals surface area contributed by atoms with Crippen LogP contribution in [0.1, 0.15) is 22.3 Å². The van der Waals surface area contributed by atoms with Crippen molar-refractivity contribution < 1.29 is 18.7 Å². The van der Waals surface area contributed by atoms with Gasteiger partial charge in [-0.2, -0.15) is 5.10 Å². The molecule has 1 aromatic heterocycles. The normalized spacial score (nSPS) is 12.9. The molecule has 1 N–H and O–H groups in total. The third-order valence-corrected chi connectivity index (χ3v) is 5.90. The van der Waals surface area contributed by atoms with Crippen molar-refractivity contribution in [1.29, 1.82) is 0 Å². The SMILES string of the molecule is COc1ccc(-c2cc3n(n2)CCC(=O)N3Cc2ccc(C(=O)Nc3cccc(F)c3)cc2)cc1. The predicted octanol–water partition coefficient (Wildman–Crippen LogP) is 4.89. The molecule has 0 unspecified atom stereocenters. The molecule has 0 spiro atoms. The van der Waals surface area contributed by atoms with E-state index in [1.807, 2.05) is 47.1 Å². The number of hydrogen-bond acceptors (Lipinski definition) is 4. The van der Waals surface area contributed by atoms with Gasteiger partial charge in [-0.3, -0.25) is 14.5 Å². The van der Waals surface area contributed by atoms with Crippen molar-refractivity contribution in [3.63, 3.8) is 0 Å². The molecule has 0 aliphatic carbocycles. The van der Waals surface area contributed by atoms with Crippen LogP contribution in [0.4, 0.5) is 15.9 Å². The molecule has 0 saturated heterocycles. The van der Waals surface area contributed by atoms with Crippen LogP contribution in [0.2, 0.25) is 0 Å². The molecular formula is C27H23FN4O3. The van der Waals surface area contributed by atoms with Gasteiger partial charge in [0.15, 0.2) is 0 Å². The zero-order valence-electron chi connectivity index (χ0n) is 19.1. The maximum atomic E-state index is 13.4. The fraction of sp³-hybridized carbons (Fsp3) is 0.148. The molecule has 0 bridgehead atoms. The lowest BCUT2D eigenvalue weighted by Gasteiger charge is -2.27. The van der Waals surface area contributed by atoms with Crippen molar-refractivity contribution in [3.8, 4) is 17.0 Å². The molecule has 0 atom stereocenters. The summed E-state index contributed by atoms with van der Waals surface area (Å²) in [4.78, 5) is 27.0. The van der Waals surface area contributed by atoms with Crippen LogP contribution in [0.5, 0.6) is 5.75 Å². The Labute approximate surface area is 201 Å². The predicted molar refractivity (Wildman–Crippen MR) is 131 cm³/mol. The number of hydrogen-bond donors (Lipinski definition) is 1. The van der Waals surface area contributed by atoms with Gasteiger partial charge in [0.05, 0.1) is 25.9 Å². The smallest absolute Gasteiger partial charge is 0.255 e. The lowest BCUT2D eigenvalue weighted by Crippen LogP contribution is -2.36. The van der Waals surface area contributed by atoms with E-state index in [9.17, 15) is 14.0 Å². The number of halogens is 1. The highest BCUT2D eigenvalue weighted by Crippen LogP contribution is 2.30. The largest absolute Gasteiger partial charge is 0.497 e. The zero-order chi connectivity index (χ0) is 24.4. The second-order valence-corrected chi connectivity index (χ2v) is 8.23. The number of nitrogens with zero attached hydrogens (tertiary/aromatic N) is 3. The first kappa shape index (κ1) is 22.3. The summed E-state index contributed by atoms with van der Waals surface area (Å²) in [6, 6.07) is 22.3. The van der Waals surface area contributed by atoms with Gasteiger partial charge in [-0.05, 0) is 60.2 Å². The van der Waals surface area contributed by atoms with E-state index in [1.54, 1.807) is 30.2 Å². The van der Waals surface area contributed by atoms with Gasteiger partial charge >= 0.3 is 0 Å². The number of ether oxygens (including phenoxy) is 1. The maximum Gasteiger partial charge on any atom is 0.255 e. The molecule has 35 heavy (non-hydrogen) atoms. The number of amides is 2. The monoisotopic (exact) mass is 470 g/mol. The number of anilines is 2. The average molecular weight is 471 g/mol. The first-order valence-electron chi connectivity index (χ1n) is 11.2. The molecule has 3 aromatic carbocycles. The molecule has 7 nitrogen and oxygen atoms in total. The van der Waals surface area contributed by atoms with Crippen LogP contribution < -0.4 is 15.0 Å². The van der Waals surface area contributed by atoms with Crippen molar-refractivity contribution in [1.82, 2.24) is 9.78 Å². The van der Waals surface area contributed by atoms with Crippen LogP contribution in [-0.2, 0) is 17.9 Å². The van der Waals surface area contributed by atoms with Crippen molar-refractivity contribution in [2.75, 3.05) is 17.3 Å². The lowest BCUT2D eigenvalue weighted by molar-refractivity contribution is -0.119. The second-order valence-electron chi connectivity index (χ2n) is 8.23. The first-order chi connectivity index (χ1) is 17.0. The van der Waals surface area contributed by atoms with Gasteiger partial charge in [0.1, 0.15) is 17.4 Å². The van der Waals surface area contributed by atoms with Crippen LogP contribution in [0.15, 0.2) is 78.9 Å². The Morgan fingerprint density at radius 2 is 1.83 bits per heavy atom. The Kier molecular flexibility index (Phi) is 6.01. The molecule has 1 aliphatic rings. The van der Waals surface area contributed by atoms with Gasteiger partial charge in [-0.1, -0.05) is 18.2 Å². The van der Waals surface area contributed by atoms with Crippen molar-refractivity contribution in [2.24, 2.45) is 0 Å². The molecule has 8 heteroatoms. The van der Waals surface area contributed by atoms with E-state index in [2.05, 4.69) is 10.4 Å². The number of carbonyl (C=O) groups excluding carboxylic acids is 2. The molecule has 0 radical (unpaired) electrons. The Balaban J connectivity index is 1.32. The van der Waals surface area contributed by atoms with Gasteiger partial charge in [0.2, 0.25) is 5.91 Å². The summed E-state index contributed by atoms with van der Waals surface area (Å²) in [5.74, 6) is 0.770. The number of benzene rings is 3. The molecular weight excluding hydrogens is 447 g/mol. The first-order valence-corrected chi connectivity index (χ1v) is 11.2. The maximum absolute atomic E-state index is 13.4. The van der Waals surface area contributed by atoms with Crippen molar-refractivity contribution in [3.05, 3.63) is 95.8 Å². The van der Waals surface area contributed by atoms with E-state index in [-0.39, 0.29) is 11.8 Å². The quantitative estimate of drug-likeness (QED) is 0.436. The highest BCUT2D eigenvalue weighted by Gasteiger charge is 2.26. The minimum atomic E-state index is -0.418. The molecule has 4 aromatic rings. The van der Waals surface area contributed by atoms with Gasteiger partial charge < -0.3 is 10.1 Å². The van der Waals surface area contributed by atoms with E-state index in [0.717, 1.165) is 28.4 Å². The lowest BCUT2D eigenvalue weighted by atomic mass is 10.1. The van der Waals surface area contributed by atoms with Crippen molar-refractivity contribution >= 4 is 23.3 Å². The minimum Gasteiger partial charge on any atom is -0.497 e. The van der Waals surface area contributed by atoms with Crippen LogP contribution in [0.25, 0.3) is 11.3 Å². The Bertz CT molecular complexity index is 1380. The molecule has 1 aliphatic heterocycles. The number of fused-ring (bicyclic) bond motifs is 1. The number of nitrogens with one attached hydrogen (secondary N) is 1. The van der Waals surface area contributed by atoms with Crippen LogP contribution in [0.3, 0.4) is 0 Å².